The van der Waals surface area contributed by atoms with E-state index in [-0.39, 0.29) is 18.0 Å². The van der Waals surface area contributed by atoms with Crippen molar-refractivity contribution in [3.8, 4) is 5.75 Å². The molecule has 1 aliphatic rings. The second kappa shape index (κ2) is 9.87. The molecule has 30 heavy (non-hydrogen) atoms. The fraction of sp³-hybridized carbons (Fsp3) is 0.318. The Morgan fingerprint density at radius 2 is 1.87 bits per heavy atom. The molecule has 7 nitrogen and oxygen atoms in total. The molecule has 0 radical (unpaired) electrons. The Morgan fingerprint density at radius 3 is 2.53 bits per heavy atom. The highest BCUT2D eigenvalue weighted by molar-refractivity contribution is 6.40. The molecule has 8 heteroatoms. The van der Waals surface area contributed by atoms with Gasteiger partial charge in [-0.1, -0.05) is 17.7 Å². The van der Waals surface area contributed by atoms with Crippen LogP contribution in [0.2, 0.25) is 0 Å². The molecule has 0 fully saturated rings. The van der Waals surface area contributed by atoms with Crippen molar-refractivity contribution < 1.29 is 18.7 Å². The maximum absolute atomic E-state index is 13.2. The van der Waals surface area contributed by atoms with Crippen LogP contribution in [0.3, 0.4) is 0 Å². The molecule has 2 aromatic rings. The minimum Gasteiger partial charge on any atom is -0.494 e. The molecule has 2 amide bonds. The third-order valence-corrected chi connectivity index (χ3v) is 4.74. The molecular weight excluding hydrogens is 387 g/mol. The molecule has 1 heterocycles. The molecule has 0 spiro atoms. The molecule has 3 N–H and O–H groups in total. The van der Waals surface area contributed by atoms with Gasteiger partial charge in [0, 0.05) is 13.0 Å². The Kier molecular flexibility index (Phi) is 7.00. The topological polar surface area (TPSA) is 97.0 Å². The van der Waals surface area contributed by atoms with Crippen molar-refractivity contribution in [3.05, 3.63) is 59.9 Å². The standard InChI is InChI=1S/C22H25FN4O3/c1-15-4-10-18(11-5-15)30-13-3-2-12-25-22(29)19-14-20(21(24)28)27(26-19)17-8-6-16(23)7-9-17/h4-11,20H,2-3,12-14H2,1H3,(H2,24,28)(H,25,29). The maximum Gasteiger partial charge on any atom is 0.267 e. The zero-order chi connectivity index (χ0) is 21.5. The second-order valence-corrected chi connectivity index (χ2v) is 7.11. The van der Waals surface area contributed by atoms with Gasteiger partial charge in [-0.25, -0.2) is 4.39 Å². The summed E-state index contributed by atoms with van der Waals surface area (Å²) >= 11 is 0. The number of nitrogens with two attached hydrogens (primary N) is 1. The number of benzene rings is 2. The van der Waals surface area contributed by atoms with E-state index in [1.807, 2.05) is 31.2 Å². The lowest BCUT2D eigenvalue weighted by Gasteiger charge is -2.20. The number of anilines is 1. The number of aryl methyl sites for hydroxylation is 1. The number of nitrogens with one attached hydrogen (secondary N) is 1. The quantitative estimate of drug-likeness (QED) is 0.619. The third kappa shape index (κ3) is 5.56. The van der Waals surface area contributed by atoms with Gasteiger partial charge >= 0.3 is 0 Å². The number of hydrazone groups is 1. The van der Waals surface area contributed by atoms with Crippen LogP contribution < -0.4 is 20.8 Å². The predicted molar refractivity (Wildman–Crippen MR) is 113 cm³/mol. The monoisotopic (exact) mass is 412 g/mol. The molecule has 1 atom stereocenters. The van der Waals surface area contributed by atoms with Crippen molar-refractivity contribution in [2.45, 2.75) is 32.2 Å². The van der Waals surface area contributed by atoms with Crippen molar-refractivity contribution in [2.24, 2.45) is 10.8 Å². The smallest absolute Gasteiger partial charge is 0.267 e. The van der Waals surface area contributed by atoms with Crippen LogP contribution >= 0.6 is 0 Å². The molecule has 0 aliphatic carbocycles. The lowest BCUT2D eigenvalue weighted by molar-refractivity contribution is -0.119. The number of carbonyl (C=O) groups is 2. The van der Waals surface area contributed by atoms with Crippen LogP contribution in [0.15, 0.2) is 53.6 Å². The summed E-state index contributed by atoms with van der Waals surface area (Å²) in [5.41, 5.74) is 7.35. The Hall–Kier alpha value is -3.42. The van der Waals surface area contributed by atoms with Crippen molar-refractivity contribution >= 4 is 23.2 Å². The van der Waals surface area contributed by atoms with Crippen molar-refractivity contribution in [2.75, 3.05) is 18.2 Å². The summed E-state index contributed by atoms with van der Waals surface area (Å²) in [5.74, 6) is -0.519. The van der Waals surface area contributed by atoms with E-state index in [0.717, 1.165) is 18.6 Å². The lowest BCUT2D eigenvalue weighted by Crippen LogP contribution is -2.40. The Morgan fingerprint density at radius 1 is 1.17 bits per heavy atom. The van der Waals surface area contributed by atoms with Crippen LogP contribution in [0.1, 0.15) is 24.8 Å². The molecule has 3 rings (SSSR count). The van der Waals surface area contributed by atoms with Crippen LogP contribution in [0.5, 0.6) is 5.75 Å². The van der Waals surface area contributed by atoms with E-state index in [0.29, 0.717) is 18.8 Å². The first kappa shape index (κ1) is 21.3. The average Bonchev–Trinajstić information content (AvgIpc) is 3.18. The van der Waals surface area contributed by atoms with Crippen LogP contribution in [0.4, 0.5) is 10.1 Å². The minimum atomic E-state index is -0.779. The van der Waals surface area contributed by atoms with Crippen molar-refractivity contribution in [3.63, 3.8) is 0 Å². The van der Waals surface area contributed by atoms with E-state index in [1.165, 1.54) is 34.8 Å². The highest BCUT2D eigenvalue weighted by atomic mass is 19.1. The van der Waals surface area contributed by atoms with Gasteiger partial charge in [0.1, 0.15) is 23.3 Å². The highest BCUT2D eigenvalue weighted by Gasteiger charge is 2.34. The van der Waals surface area contributed by atoms with Crippen LogP contribution in [-0.2, 0) is 9.59 Å². The summed E-state index contributed by atoms with van der Waals surface area (Å²) in [6.07, 6.45) is 1.63. The van der Waals surface area contributed by atoms with Gasteiger partial charge in [0.2, 0.25) is 5.91 Å². The summed E-state index contributed by atoms with van der Waals surface area (Å²) < 4.78 is 18.8. The summed E-state index contributed by atoms with van der Waals surface area (Å²) in [4.78, 5) is 24.2. The summed E-state index contributed by atoms with van der Waals surface area (Å²) in [5, 5.41) is 8.42. The molecule has 1 unspecified atom stereocenters. The SMILES string of the molecule is Cc1ccc(OCCCCNC(=O)C2=NN(c3ccc(F)cc3)C(C(N)=O)C2)cc1. The number of hydrogen-bond donors (Lipinski definition) is 2. The zero-order valence-corrected chi connectivity index (χ0v) is 16.8. The number of ether oxygens (including phenoxy) is 1. The molecule has 0 saturated heterocycles. The fourth-order valence-electron chi connectivity index (χ4n) is 3.06. The number of carbonyl (C=O) groups excluding carboxylic acids is 2. The summed E-state index contributed by atoms with van der Waals surface area (Å²) in [6.45, 7) is 3.04. The summed E-state index contributed by atoms with van der Waals surface area (Å²) in [6, 6.07) is 12.6. The maximum atomic E-state index is 13.2. The minimum absolute atomic E-state index is 0.106. The van der Waals surface area contributed by atoms with Gasteiger partial charge in [-0.2, -0.15) is 5.10 Å². The van der Waals surface area contributed by atoms with Gasteiger partial charge in [0.15, 0.2) is 0 Å². The Labute approximate surface area is 174 Å². The van der Waals surface area contributed by atoms with Crippen molar-refractivity contribution in [1.29, 1.82) is 0 Å². The number of primary amides is 1. The molecule has 1 aliphatic heterocycles. The van der Waals surface area contributed by atoms with Gasteiger partial charge in [0.05, 0.1) is 12.3 Å². The molecule has 0 aromatic heterocycles. The summed E-state index contributed by atoms with van der Waals surface area (Å²) in [7, 11) is 0. The van der Waals surface area contributed by atoms with Crippen molar-refractivity contribution in [1.82, 2.24) is 5.32 Å². The normalized spacial score (nSPS) is 15.6. The van der Waals surface area contributed by atoms with Gasteiger partial charge in [0.25, 0.3) is 5.91 Å². The van der Waals surface area contributed by atoms with E-state index in [4.69, 9.17) is 10.5 Å². The van der Waals surface area contributed by atoms with E-state index >= 15 is 0 Å². The Bertz CT molecular complexity index is 913. The Balaban J connectivity index is 1.46. The largest absolute Gasteiger partial charge is 0.494 e. The number of amides is 2. The van der Waals surface area contributed by atoms with E-state index in [9.17, 15) is 14.0 Å². The predicted octanol–water partition coefficient (Wildman–Crippen LogP) is 2.53. The number of rotatable bonds is 9. The number of nitrogens with zero attached hydrogens (tertiary/aromatic N) is 2. The van der Waals surface area contributed by atoms with Gasteiger partial charge in [-0.05, 0) is 56.2 Å². The van der Waals surface area contributed by atoms with Gasteiger partial charge in [-0.15, -0.1) is 0 Å². The lowest BCUT2D eigenvalue weighted by atomic mass is 10.1. The molecule has 0 saturated carbocycles. The molecule has 2 aromatic carbocycles. The first-order valence-electron chi connectivity index (χ1n) is 9.83. The number of unbranched alkanes of at least 4 members (excludes halogenated alkanes) is 1. The molecule has 158 valence electrons. The third-order valence-electron chi connectivity index (χ3n) is 4.74. The zero-order valence-electron chi connectivity index (χ0n) is 16.8. The van der Waals surface area contributed by atoms with Crippen LogP contribution in [0.25, 0.3) is 0 Å². The average molecular weight is 412 g/mol. The van der Waals surface area contributed by atoms with E-state index in [2.05, 4.69) is 10.4 Å². The fourth-order valence-corrected chi connectivity index (χ4v) is 3.06. The number of halogens is 1. The van der Waals surface area contributed by atoms with Crippen LogP contribution in [-0.4, -0.2) is 36.7 Å². The number of hydrogen-bond acceptors (Lipinski definition) is 5. The first-order chi connectivity index (χ1) is 14.4. The van der Waals surface area contributed by atoms with E-state index in [1.54, 1.807) is 0 Å². The molecule has 0 bridgehead atoms. The second-order valence-electron chi connectivity index (χ2n) is 7.11. The molecular formula is C22H25FN4O3. The van der Waals surface area contributed by atoms with Crippen LogP contribution in [0, 0.1) is 12.7 Å². The van der Waals surface area contributed by atoms with Gasteiger partial charge < -0.3 is 15.8 Å². The highest BCUT2D eigenvalue weighted by Crippen LogP contribution is 2.24. The van der Waals surface area contributed by atoms with Gasteiger partial charge in [-0.3, -0.25) is 14.6 Å². The first-order valence-corrected chi connectivity index (χ1v) is 9.83. The van der Waals surface area contributed by atoms with E-state index < -0.39 is 17.8 Å².